The summed E-state index contributed by atoms with van der Waals surface area (Å²) in [5, 5.41) is 30.8. The Bertz CT molecular complexity index is 1260. The number of aliphatic hydroxyl groups is 1. The summed E-state index contributed by atoms with van der Waals surface area (Å²) in [6.45, 7) is 9.81. The summed E-state index contributed by atoms with van der Waals surface area (Å²) in [5.41, 5.74) is 4.37. The van der Waals surface area contributed by atoms with Crippen molar-refractivity contribution in [2.24, 2.45) is 0 Å². The minimum atomic E-state index is -0.448. The highest BCUT2D eigenvalue weighted by molar-refractivity contribution is 5.76. The fourth-order valence-corrected chi connectivity index (χ4v) is 4.62. The second-order valence-electron chi connectivity index (χ2n) is 9.37. The molecular formula is C25H30N8O2. The van der Waals surface area contributed by atoms with Crippen LogP contribution in [0.2, 0.25) is 0 Å². The molecule has 35 heavy (non-hydrogen) atoms. The molecule has 0 radical (unpaired) electrons. The van der Waals surface area contributed by atoms with Crippen LogP contribution >= 0.6 is 0 Å². The number of morpholine rings is 1. The van der Waals surface area contributed by atoms with Gasteiger partial charge in [-0.25, -0.2) is 9.97 Å². The van der Waals surface area contributed by atoms with Gasteiger partial charge >= 0.3 is 0 Å². The number of aromatic nitrogens is 4. The van der Waals surface area contributed by atoms with Gasteiger partial charge in [0.1, 0.15) is 6.07 Å². The van der Waals surface area contributed by atoms with E-state index in [9.17, 15) is 10.4 Å². The second-order valence-corrected chi connectivity index (χ2v) is 9.37. The number of nitrogens with one attached hydrogen (secondary N) is 2. The first-order valence-corrected chi connectivity index (χ1v) is 11.9. The van der Waals surface area contributed by atoms with Crippen LogP contribution in [-0.2, 0) is 16.7 Å². The first-order chi connectivity index (χ1) is 17.0. The Morgan fingerprint density at radius 1 is 1.26 bits per heavy atom. The molecule has 10 heteroatoms. The number of benzene rings is 1. The number of hydrogen-bond donors (Lipinski definition) is 3. The first-order valence-electron chi connectivity index (χ1n) is 11.9. The van der Waals surface area contributed by atoms with Gasteiger partial charge in [0.05, 0.1) is 43.3 Å². The molecule has 1 fully saturated rings. The summed E-state index contributed by atoms with van der Waals surface area (Å²) in [7, 11) is 0. The number of aliphatic hydroxyl groups excluding tert-OH is 1. The molecule has 3 N–H and O–H groups in total. The fourth-order valence-electron chi connectivity index (χ4n) is 4.62. The van der Waals surface area contributed by atoms with Gasteiger partial charge in [0.25, 0.3) is 0 Å². The van der Waals surface area contributed by atoms with E-state index in [-0.39, 0.29) is 6.61 Å². The van der Waals surface area contributed by atoms with E-state index >= 15 is 0 Å². The van der Waals surface area contributed by atoms with Gasteiger partial charge < -0.3 is 20.5 Å². The van der Waals surface area contributed by atoms with Crippen molar-refractivity contribution < 1.29 is 9.84 Å². The predicted molar refractivity (Wildman–Crippen MR) is 133 cm³/mol. The Labute approximate surface area is 204 Å². The average Bonchev–Trinajstić information content (AvgIpc) is 3.42. The minimum absolute atomic E-state index is 0.00848. The quantitative estimate of drug-likeness (QED) is 0.473. The molecule has 3 aromatic rings. The molecule has 0 bridgehead atoms. The molecule has 0 aliphatic carbocycles. The average molecular weight is 475 g/mol. The van der Waals surface area contributed by atoms with Crippen molar-refractivity contribution in [3.8, 4) is 17.3 Å². The van der Waals surface area contributed by atoms with Gasteiger partial charge in [-0.15, -0.1) is 0 Å². The summed E-state index contributed by atoms with van der Waals surface area (Å²) >= 11 is 0. The van der Waals surface area contributed by atoms with E-state index in [0.717, 1.165) is 61.9 Å². The molecule has 5 rings (SSSR count). The van der Waals surface area contributed by atoms with Gasteiger partial charge in [-0.1, -0.05) is 6.92 Å². The smallest absolute Gasteiger partial charge is 0.228 e. The molecule has 4 heterocycles. The molecule has 2 aliphatic heterocycles. The largest absolute Gasteiger partial charge is 0.395 e. The lowest BCUT2D eigenvalue weighted by molar-refractivity contribution is 0.0359. The highest BCUT2D eigenvalue weighted by atomic mass is 16.5. The lowest BCUT2D eigenvalue weighted by Gasteiger charge is -2.26. The van der Waals surface area contributed by atoms with Crippen molar-refractivity contribution in [2.45, 2.75) is 25.8 Å². The zero-order valence-corrected chi connectivity index (χ0v) is 20.1. The van der Waals surface area contributed by atoms with E-state index in [1.807, 2.05) is 42.8 Å². The Morgan fingerprint density at radius 2 is 2.09 bits per heavy atom. The van der Waals surface area contributed by atoms with Crippen molar-refractivity contribution in [3.05, 3.63) is 47.3 Å². The van der Waals surface area contributed by atoms with Gasteiger partial charge in [-0.05, 0) is 30.7 Å². The number of nitrogens with zero attached hydrogens (tertiary/aromatic N) is 6. The van der Waals surface area contributed by atoms with Crippen LogP contribution in [0.1, 0.15) is 23.7 Å². The number of rotatable bonds is 7. The zero-order chi connectivity index (χ0) is 24.4. The van der Waals surface area contributed by atoms with Crippen LogP contribution in [0.5, 0.6) is 0 Å². The molecule has 1 aromatic carbocycles. The summed E-state index contributed by atoms with van der Waals surface area (Å²) in [5.74, 6) is 1.12. The monoisotopic (exact) mass is 474 g/mol. The summed E-state index contributed by atoms with van der Waals surface area (Å²) < 4.78 is 7.41. The maximum absolute atomic E-state index is 9.97. The highest BCUT2D eigenvalue weighted by Gasteiger charge is 2.36. The molecule has 2 aromatic heterocycles. The van der Waals surface area contributed by atoms with Gasteiger partial charge in [0.2, 0.25) is 5.95 Å². The predicted octanol–water partition coefficient (Wildman–Crippen LogP) is 2.27. The van der Waals surface area contributed by atoms with E-state index in [1.54, 1.807) is 6.20 Å². The molecule has 0 spiro atoms. The lowest BCUT2D eigenvalue weighted by atomic mass is 9.83. The second kappa shape index (κ2) is 9.62. The van der Waals surface area contributed by atoms with Gasteiger partial charge in [-0.3, -0.25) is 9.58 Å². The molecule has 1 saturated heterocycles. The SMILES string of the molecule is Cc1cc(Nc2nccc(-c3cc(C#N)c4c(c3)[C@@](C)(CO)CN4)n2)nn1CCN1CCOCC1. The topological polar surface area (TPSA) is 124 Å². The van der Waals surface area contributed by atoms with Crippen LogP contribution in [-0.4, -0.2) is 75.8 Å². The van der Waals surface area contributed by atoms with Crippen molar-refractivity contribution in [1.82, 2.24) is 24.6 Å². The van der Waals surface area contributed by atoms with Crippen LogP contribution in [0, 0.1) is 18.3 Å². The molecule has 10 nitrogen and oxygen atoms in total. The first kappa shape index (κ1) is 23.2. The Hall–Kier alpha value is -3.52. The fraction of sp³-hybridized carbons (Fsp3) is 0.440. The number of nitriles is 1. The number of fused-ring (bicyclic) bond motifs is 1. The molecule has 1 atom stereocenters. The maximum atomic E-state index is 9.97. The lowest BCUT2D eigenvalue weighted by Crippen LogP contribution is -2.38. The summed E-state index contributed by atoms with van der Waals surface area (Å²) in [6.07, 6.45) is 1.69. The Balaban J connectivity index is 1.35. The van der Waals surface area contributed by atoms with Gasteiger partial charge in [0.15, 0.2) is 5.82 Å². The molecule has 0 amide bonds. The van der Waals surface area contributed by atoms with Crippen molar-refractivity contribution >= 4 is 17.5 Å². The number of anilines is 3. The minimum Gasteiger partial charge on any atom is -0.395 e. The summed E-state index contributed by atoms with van der Waals surface area (Å²) in [6, 6.07) is 9.90. The molecule has 182 valence electrons. The third-order valence-corrected chi connectivity index (χ3v) is 6.82. The molecule has 2 aliphatic rings. The van der Waals surface area contributed by atoms with Gasteiger partial charge in [0, 0.05) is 55.1 Å². The molecular weight excluding hydrogens is 444 g/mol. The van der Waals surface area contributed by atoms with Crippen LogP contribution in [0.25, 0.3) is 11.3 Å². The highest BCUT2D eigenvalue weighted by Crippen LogP contribution is 2.41. The number of ether oxygens (including phenoxy) is 1. The third-order valence-electron chi connectivity index (χ3n) is 6.82. The van der Waals surface area contributed by atoms with Crippen LogP contribution in [0.3, 0.4) is 0 Å². The van der Waals surface area contributed by atoms with Crippen LogP contribution in [0.15, 0.2) is 30.5 Å². The Morgan fingerprint density at radius 3 is 2.86 bits per heavy atom. The number of aryl methyl sites for hydroxylation is 1. The molecule has 0 unspecified atom stereocenters. The normalized spacial score (nSPS) is 19.7. The van der Waals surface area contributed by atoms with E-state index in [1.165, 1.54) is 0 Å². The van der Waals surface area contributed by atoms with E-state index in [0.29, 0.717) is 29.6 Å². The standard InChI is InChI=1S/C25H30N8O2/c1-17-11-22(31-33(17)6-5-32-7-9-35-10-8-32)30-24-27-4-3-21(29-24)18-12-19(14-26)23-20(13-18)25(2,16-34)15-28-23/h3-4,11-13,28,34H,5-10,15-16H2,1-2H3,(H,27,29,30,31)/t25-/m1/s1. The zero-order valence-electron chi connectivity index (χ0n) is 20.1. The van der Waals surface area contributed by atoms with Crippen molar-refractivity contribution in [2.75, 3.05) is 56.6 Å². The molecule has 0 saturated carbocycles. The summed E-state index contributed by atoms with van der Waals surface area (Å²) in [4.78, 5) is 11.4. The van der Waals surface area contributed by atoms with Crippen LogP contribution < -0.4 is 10.6 Å². The van der Waals surface area contributed by atoms with Crippen molar-refractivity contribution in [1.29, 1.82) is 5.26 Å². The van der Waals surface area contributed by atoms with E-state index in [2.05, 4.69) is 36.7 Å². The van der Waals surface area contributed by atoms with E-state index in [4.69, 9.17) is 4.74 Å². The third kappa shape index (κ3) is 4.71. The van der Waals surface area contributed by atoms with Crippen molar-refractivity contribution in [3.63, 3.8) is 0 Å². The van der Waals surface area contributed by atoms with E-state index < -0.39 is 5.41 Å². The Kier molecular flexibility index (Phi) is 6.38. The number of hydrogen-bond acceptors (Lipinski definition) is 9. The van der Waals surface area contributed by atoms with Gasteiger partial charge in [-0.2, -0.15) is 10.4 Å². The van der Waals surface area contributed by atoms with Crippen LogP contribution in [0.4, 0.5) is 17.5 Å². The maximum Gasteiger partial charge on any atom is 0.228 e.